The van der Waals surface area contributed by atoms with E-state index in [0.29, 0.717) is 6.61 Å². The van der Waals surface area contributed by atoms with Gasteiger partial charge in [-0.2, -0.15) is 0 Å². The van der Waals surface area contributed by atoms with Crippen LogP contribution in [0, 0.1) is 0 Å². The Hall–Kier alpha value is -1.11. The van der Waals surface area contributed by atoms with Crippen molar-refractivity contribution < 1.29 is 13.2 Å². The number of benzene rings is 1. The average Bonchev–Trinajstić information content (AvgIpc) is 2.37. The molecule has 0 spiro atoms. The highest BCUT2D eigenvalue weighted by atomic mass is 32.2. The van der Waals surface area contributed by atoms with E-state index in [9.17, 15) is 8.42 Å². The van der Waals surface area contributed by atoms with E-state index in [-0.39, 0.29) is 10.9 Å². The molecule has 0 aliphatic rings. The molecular formula is C12H20N2O3S. The average molecular weight is 272 g/mol. The number of hydrogen-bond donors (Lipinski definition) is 2. The molecule has 5 nitrogen and oxygen atoms in total. The molecular weight excluding hydrogens is 252 g/mol. The van der Waals surface area contributed by atoms with Gasteiger partial charge in [-0.1, -0.05) is 0 Å². The van der Waals surface area contributed by atoms with Crippen LogP contribution in [0.3, 0.4) is 0 Å². The molecule has 0 fully saturated rings. The Morgan fingerprint density at radius 1 is 1.28 bits per heavy atom. The number of hydrogen-bond acceptors (Lipinski definition) is 4. The van der Waals surface area contributed by atoms with E-state index in [1.54, 1.807) is 31.4 Å². The summed E-state index contributed by atoms with van der Waals surface area (Å²) in [5.41, 5.74) is 0.897. The van der Waals surface area contributed by atoms with Gasteiger partial charge in [0.15, 0.2) is 0 Å². The zero-order valence-electron chi connectivity index (χ0n) is 10.9. The van der Waals surface area contributed by atoms with Gasteiger partial charge >= 0.3 is 0 Å². The minimum atomic E-state index is -3.36. The maximum Gasteiger partial charge on any atom is 0.240 e. The van der Waals surface area contributed by atoms with Gasteiger partial charge in [-0.25, -0.2) is 13.1 Å². The van der Waals surface area contributed by atoms with Gasteiger partial charge in [0.1, 0.15) is 0 Å². The topological polar surface area (TPSA) is 67.4 Å². The first kappa shape index (κ1) is 14.9. The second-order valence-corrected chi connectivity index (χ2v) is 5.95. The molecule has 6 heteroatoms. The van der Waals surface area contributed by atoms with Crippen LogP contribution < -0.4 is 10.0 Å². The number of anilines is 1. The minimum absolute atomic E-state index is 0.264. The van der Waals surface area contributed by atoms with Crippen molar-refractivity contribution in [2.24, 2.45) is 0 Å². The maximum absolute atomic E-state index is 11.5. The van der Waals surface area contributed by atoms with Gasteiger partial charge in [-0.15, -0.1) is 0 Å². The van der Waals surface area contributed by atoms with E-state index in [4.69, 9.17) is 4.74 Å². The zero-order valence-corrected chi connectivity index (χ0v) is 11.8. The normalized spacial score (nSPS) is 13.3. The monoisotopic (exact) mass is 272 g/mol. The van der Waals surface area contributed by atoms with Crippen molar-refractivity contribution in [2.45, 2.75) is 24.3 Å². The summed E-state index contributed by atoms with van der Waals surface area (Å²) in [7, 11) is -0.287. The van der Waals surface area contributed by atoms with Gasteiger partial charge in [0.2, 0.25) is 10.0 Å². The van der Waals surface area contributed by atoms with Crippen LogP contribution in [0.1, 0.15) is 13.3 Å². The smallest absolute Gasteiger partial charge is 0.240 e. The van der Waals surface area contributed by atoms with Crippen LogP contribution in [-0.4, -0.2) is 35.2 Å². The van der Waals surface area contributed by atoms with Crippen molar-refractivity contribution in [1.82, 2.24) is 4.72 Å². The lowest BCUT2D eigenvalue weighted by molar-refractivity contribution is 0.191. The molecule has 0 heterocycles. The molecule has 1 aromatic rings. The van der Waals surface area contributed by atoms with E-state index in [0.717, 1.165) is 12.1 Å². The highest BCUT2D eigenvalue weighted by Crippen LogP contribution is 2.15. The fraction of sp³-hybridized carbons (Fsp3) is 0.500. The van der Waals surface area contributed by atoms with Crippen molar-refractivity contribution in [3.8, 4) is 0 Å². The minimum Gasteiger partial charge on any atom is -0.385 e. The van der Waals surface area contributed by atoms with Gasteiger partial charge in [-0.3, -0.25) is 0 Å². The molecule has 0 radical (unpaired) electrons. The second kappa shape index (κ2) is 6.72. The van der Waals surface area contributed by atoms with Crippen molar-refractivity contribution in [1.29, 1.82) is 0 Å². The van der Waals surface area contributed by atoms with Gasteiger partial charge in [0, 0.05) is 25.4 Å². The van der Waals surface area contributed by atoms with Crippen LogP contribution in [0.5, 0.6) is 0 Å². The summed E-state index contributed by atoms with van der Waals surface area (Å²) in [6.07, 6.45) is 0.896. The van der Waals surface area contributed by atoms with Crippen molar-refractivity contribution in [2.75, 3.05) is 26.1 Å². The molecule has 1 atom stereocenters. The third-order valence-electron chi connectivity index (χ3n) is 2.60. The molecule has 18 heavy (non-hydrogen) atoms. The maximum atomic E-state index is 11.5. The summed E-state index contributed by atoms with van der Waals surface area (Å²) in [6, 6.07) is 6.95. The zero-order chi connectivity index (χ0) is 13.6. The molecule has 0 amide bonds. The Labute approximate surface area is 109 Å². The Balaban J connectivity index is 2.66. The summed E-state index contributed by atoms with van der Waals surface area (Å²) in [4.78, 5) is 0.264. The van der Waals surface area contributed by atoms with E-state index >= 15 is 0 Å². The molecule has 0 aliphatic heterocycles. The van der Waals surface area contributed by atoms with E-state index in [2.05, 4.69) is 17.0 Å². The Bertz CT molecular complexity index is 457. The molecule has 102 valence electrons. The first-order valence-corrected chi connectivity index (χ1v) is 7.27. The number of rotatable bonds is 7. The van der Waals surface area contributed by atoms with Gasteiger partial charge < -0.3 is 10.1 Å². The fourth-order valence-corrected chi connectivity index (χ4v) is 2.23. The Kier molecular flexibility index (Phi) is 5.58. The lowest BCUT2D eigenvalue weighted by Gasteiger charge is -2.15. The van der Waals surface area contributed by atoms with Crippen LogP contribution in [0.25, 0.3) is 0 Å². The quantitative estimate of drug-likeness (QED) is 0.788. The van der Waals surface area contributed by atoms with Crippen LogP contribution in [0.15, 0.2) is 29.2 Å². The first-order valence-electron chi connectivity index (χ1n) is 5.78. The molecule has 1 unspecified atom stereocenters. The lowest BCUT2D eigenvalue weighted by Crippen LogP contribution is -2.19. The Morgan fingerprint density at radius 2 is 1.89 bits per heavy atom. The molecule has 1 aromatic carbocycles. The summed E-state index contributed by atoms with van der Waals surface area (Å²) in [5.74, 6) is 0. The van der Waals surface area contributed by atoms with Gasteiger partial charge in [-0.05, 0) is 44.7 Å². The highest BCUT2D eigenvalue weighted by molar-refractivity contribution is 7.89. The summed E-state index contributed by atoms with van der Waals surface area (Å²) >= 11 is 0. The van der Waals surface area contributed by atoms with E-state index in [1.165, 1.54) is 7.05 Å². The summed E-state index contributed by atoms with van der Waals surface area (Å²) in [5, 5.41) is 3.28. The number of nitrogens with one attached hydrogen (secondary N) is 2. The second-order valence-electron chi connectivity index (χ2n) is 4.06. The van der Waals surface area contributed by atoms with Crippen LogP contribution in [0.4, 0.5) is 5.69 Å². The summed E-state index contributed by atoms with van der Waals surface area (Å²) < 4.78 is 30.3. The first-order chi connectivity index (χ1) is 8.49. The Morgan fingerprint density at radius 3 is 2.39 bits per heavy atom. The van der Waals surface area contributed by atoms with Crippen molar-refractivity contribution in [3.05, 3.63) is 24.3 Å². The third kappa shape index (κ3) is 4.29. The van der Waals surface area contributed by atoms with Gasteiger partial charge in [0.05, 0.1) is 4.90 Å². The molecule has 0 aromatic heterocycles. The predicted molar refractivity (Wildman–Crippen MR) is 72.3 cm³/mol. The fourth-order valence-electron chi connectivity index (χ4n) is 1.50. The van der Waals surface area contributed by atoms with Gasteiger partial charge in [0.25, 0.3) is 0 Å². The molecule has 0 saturated heterocycles. The van der Waals surface area contributed by atoms with E-state index in [1.807, 2.05) is 0 Å². The van der Waals surface area contributed by atoms with Crippen LogP contribution in [-0.2, 0) is 14.8 Å². The standard InChI is InChI=1S/C12H20N2O3S/c1-10(8-9-17-3)14-11-4-6-12(7-5-11)18(15,16)13-2/h4-7,10,13-14H,8-9H2,1-3H3. The van der Waals surface area contributed by atoms with Crippen LogP contribution in [0.2, 0.25) is 0 Å². The molecule has 0 saturated carbocycles. The lowest BCUT2D eigenvalue weighted by atomic mass is 10.2. The number of methoxy groups -OCH3 is 1. The summed E-state index contributed by atoms with van der Waals surface area (Å²) in [6.45, 7) is 2.75. The SMILES string of the molecule is CNS(=O)(=O)c1ccc(NC(C)CCOC)cc1. The van der Waals surface area contributed by atoms with Crippen molar-refractivity contribution in [3.63, 3.8) is 0 Å². The molecule has 0 aliphatic carbocycles. The van der Waals surface area contributed by atoms with Crippen molar-refractivity contribution >= 4 is 15.7 Å². The molecule has 0 bridgehead atoms. The van der Waals surface area contributed by atoms with Crippen LogP contribution >= 0.6 is 0 Å². The number of sulfonamides is 1. The molecule has 2 N–H and O–H groups in total. The largest absolute Gasteiger partial charge is 0.385 e. The number of ether oxygens (including phenoxy) is 1. The highest BCUT2D eigenvalue weighted by Gasteiger charge is 2.10. The predicted octanol–water partition coefficient (Wildman–Crippen LogP) is 1.43. The van der Waals surface area contributed by atoms with E-state index < -0.39 is 10.0 Å². The third-order valence-corrected chi connectivity index (χ3v) is 4.03. The molecule has 1 rings (SSSR count).